The van der Waals surface area contributed by atoms with Gasteiger partial charge in [-0.15, -0.1) is 12.4 Å². The van der Waals surface area contributed by atoms with E-state index >= 15 is 0 Å². The summed E-state index contributed by atoms with van der Waals surface area (Å²) in [4.78, 5) is 4.07. The van der Waals surface area contributed by atoms with Gasteiger partial charge in [-0.1, -0.05) is 23.2 Å². The molecule has 2 rings (SSSR count). The van der Waals surface area contributed by atoms with Crippen molar-refractivity contribution in [1.82, 2.24) is 15.4 Å². The number of rotatable bonds is 2. The molecule has 0 spiro atoms. The van der Waals surface area contributed by atoms with Gasteiger partial charge in [-0.2, -0.15) is 0 Å². The molecule has 1 atom stereocenters. The number of nitrogens with zero attached hydrogens (tertiary/aromatic N) is 2. The molecule has 1 fully saturated rings. The molecule has 90 valence electrons. The molecule has 0 amide bonds. The molecular formula is C10H14Cl3N3. The van der Waals surface area contributed by atoms with Crippen LogP contribution in [0.5, 0.6) is 0 Å². The molecule has 6 heteroatoms. The van der Waals surface area contributed by atoms with Gasteiger partial charge in [-0.25, -0.2) is 9.99 Å². The first-order valence-electron chi connectivity index (χ1n) is 4.97. The molecule has 0 bridgehead atoms. The first kappa shape index (κ1) is 14.0. The fourth-order valence-corrected chi connectivity index (χ4v) is 2.28. The highest BCUT2D eigenvalue weighted by atomic mass is 35.5. The number of hydrogen-bond donors (Lipinski definition) is 1. The summed E-state index contributed by atoms with van der Waals surface area (Å²) in [6, 6.07) is 2.26. The van der Waals surface area contributed by atoms with Gasteiger partial charge in [-0.3, -0.25) is 5.43 Å². The maximum Gasteiger partial charge on any atom is 0.147 e. The van der Waals surface area contributed by atoms with Crippen LogP contribution >= 0.6 is 35.6 Å². The maximum absolute atomic E-state index is 5.95. The van der Waals surface area contributed by atoms with Gasteiger partial charge >= 0.3 is 0 Å². The number of nitrogens with one attached hydrogen (secondary N) is 1. The highest BCUT2D eigenvalue weighted by Crippen LogP contribution is 2.32. The van der Waals surface area contributed by atoms with Crippen LogP contribution in [0.1, 0.15) is 24.4 Å². The van der Waals surface area contributed by atoms with Crippen molar-refractivity contribution >= 4 is 35.6 Å². The summed E-state index contributed by atoms with van der Waals surface area (Å²) >= 11 is 11.7. The van der Waals surface area contributed by atoms with Gasteiger partial charge in [0.25, 0.3) is 0 Å². The quantitative estimate of drug-likeness (QED) is 0.845. The molecule has 0 aliphatic carbocycles. The van der Waals surface area contributed by atoms with Gasteiger partial charge in [0.2, 0.25) is 0 Å². The third-order valence-electron chi connectivity index (χ3n) is 2.74. The zero-order valence-electron chi connectivity index (χ0n) is 8.91. The van der Waals surface area contributed by atoms with E-state index in [1.54, 1.807) is 6.20 Å². The van der Waals surface area contributed by atoms with Crippen molar-refractivity contribution in [2.45, 2.75) is 18.9 Å². The zero-order chi connectivity index (χ0) is 10.8. The number of halogens is 3. The largest absolute Gasteiger partial charge is 0.258 e. The van der Waals surface area contributed by atoms with E-state index in [-0.39, 0.29) is 12.4 Å². The summed E-state index contributed by atoms with van der Waals surface area (Å²) in [7, 11) is 1.93. The minimum Gasteiger partial charge on any atom is -0.258 e. The van der Waals surface area contributed by atoms with Crippen LogP contribution in [0, 0.1) is 0 Å². The Bertz CT molecular complexity index is 359. The van der Waals surface area contributed by atoms with E-state index in [0.717, 1.165) is 18.5 Å². The van der Waals surface area contributed by atoms with E-state index in [9.17, 15) is 0 Å². The zero-order valence-corrected chi connectivity index (χ0v) is 11.2. The molecule has 0 radical (unpaired) electrons. The third-order valence-corrected chi connectivity index (χ3v) is 3.43. The molecule has 16 heavy (non-hydrogen) atoms. The third kappa shape index (κ3) is 2.79. The molecule has 2 heterocycles. The van der Waals surface area contributed by atoms with E-state index in [0.29, 0.717) is 16.2 Å². The molecule has 1 saturated heterocycles. The first-order chi connectivity index (χ1) is 7.22. The Kier molecular flexibility index (Phi) is 5.28. The number of aromatic nitrogens is 1. The van der Waals surface area contributed by atoms with Gasteiger partial charge < -0.3 is 0 Å². The van der Waals surface area contributed by atoms with Gasteiger partial charge in [0.15, 0.2) is 0 Å². The fourth-order valence-electron chi connectivity index (χ4n) is 2.00. The minimum absolute atomic E-state index is 0. The Morgan fingerprint density at radius 3 is 2.88 bits per heavy atom. The molecule has 0 unspecified atom stereocenters. The predicted molar refractivity (Wildman–Crippen MR) is 69.2 cm³/mol. The summed E-state index contributed by atoms with van der Waals surface area (Å²) in [5.41, 5.74) is 4.30. The fraction of sp³-hybridized carbons (Fsp3) is 0.500. The first-order valence-corrected chi connectivity index (χ1v) is 5.73. The second-order valence-corrected chi connectivity index (χ2v) is 4.38. The van der Waals surface area contributed by atoms with Crippen LogP contribution in [0.25, 0.3) is 0 Å². The Balaban J connectivity index is 0.00000128. The lowest BCUT2D eigenvalue weighted by Gasteiger charge is -2.23. The lowest BCUT2D eigenvalue weighted by Crippen LogP contribution is -2.34. The van der Waals surface area contributed by atoms with Crippen molar-refractivity contribution in [3.05, 3.63) is 28.0 Å². The molecular weight excluding hydrogens is 268 g/mol. The Hall–Kier alpha value is -0.0600. The van der Waals surface area contributed by atoms with E-state index in [2.05, 4.69) is 15.4 Å². The van der Waals surface area contributed by atoms with Gasteiger partial charge in [-0.05, 0) is 31.5 Å². The van der Waals surface area contributed by atoms with Gasteiger partial charge in [0, 0.05) is 12.7 Å². The Morgan fingerprint density at radius 2 is 2.25 bits per heavy atom. The van der Waals surface area contributed by atoms with Crippen LogP contribution in [0.3, 0.4) is 0 Å². The maximum atomic E-state index is 5.95. The Labute approximate surface area is 112 Å². The molecule has 1 aliphatic rings. The van der Waals surface area contributed by atoms with Gasteiger partial charge in [0.05, 0.1) is 11.1 Å². The van der Waals surface area contributed by atoms with Crippen LogP contribution in [0.2, 0.25) is 10.2 Å². The average molecular weight is 283 g/mol. The molecule has 1 N–H and O–H groups in total. The summed E-state index contributed by atoms with van der Waals surface area (Å²) in [6.45, 7) is 1.06. The van der Waals surface area contributed by atoms with Crippen LogP contribution in [-0.4, -0.2) is 23.6 Å². The van der Waals surface area contributed by atoms with Crippen molar-refractivity contribution in [3.63, 3.8) is 0 Å². The van der Waals surface area contributed by atoms with E-state index in [4.69, 9.17) is 23.2 Å². The molecule has 1 aromatic heterocycles. The van der Waals surface area contributed by atoms with Crippen molar-refractivity contribution in [2.75, 3.05) is 13.6 Å². The highest BCUT2D eigenvalue weighted by molar-refractivity contribution is 6.41. The summed E-state index contributed by atoms with van der Waals surface area (Å²) < 4.78 is 0. The van der Waals surface area contributed by atoms with Crippen molar-refractivity contribution in [1.29, 1.82) is 0 Å². The number of hydrogen-bond acceptors (Lipinski definition) is 3. The molecule has 0 aromatic carbocycles. The SMILES string of the molecule is CNN1CCC[C@H]1c1cnc(Cl)c(Cl)c1.Cl. The highest BCUT2D eigenvalue weighted by Gasteiger charge is 2.25. The smallest absolute Gasteiger partial charge is 0.147 e. The van der Waals surface area contributed by atoms with Crippen molar-refractivity contribution < 1.29 is 0 Å². The second kappa shape index (κ2) is 6.03. The second-order valence-electron chi connectivity index (χ2n) is 3.62. The van der Waals surface area contributed by atoms with Crippen LogP contribution in [-0.2, 0) is 0 Å². The summed E-state index contributed by atoms with van der Waals surface area (Å²) in [5.74, 6) is 0. The molecule has 1 aromatic rings. The predicted octanol–water partition coefficient (Wildman–Crippen LogP) is 3.08. The van der Waals surface area contributed by atoms with Gasteiger partial charge in [0.1, 0.15) is 5.15 Å². The van der Waals surface area contributed by atoms with Crippen molar-refractivity contribution in [3.8, 4) is 0 Å². The Morgan fingerprint density at radius 1 is 1.50 bits per heavy atom. The van der Waals surface area contributed by atoms with E-state index < -0.39 is 0 Å². The standard InChI is InChI=1S/C10H13Cl2N3.ClH/c1-13-15-4-2-3-9(15)7-5-8(11)10(12)14-6-7;/h5-6,9,13H,2-4H2,1H3;1H/t9-;/m0./s1. The van der Waals surface area contributed by atoms with Crippen LogP contribution < -0.4 is 5.43 Å². The lowest BCUT2D eigenvalue weighted by atomic mass is 10.1. The molecule has 3 nitrogen and oxygen atoms in total. The lowest BCUT2D eigenvalue weighted by molar-refractivity contribution is 0.190. The molecule has 0 saturated carbocycles. The summed E-state index contributed by atoms with van der Waals surface area (Å²) in [5, 5.41) is 3.09. The van der Waals surface area contributed by atoms with E-state index in [1.165, 1.54) is 6.42 Å². The minimum atomic E-state index is 0. The number of hydrazine groups is 1. The van der Waals surface area contributed by atoms with E-state index in [1.807, 2.05) is 13.1 Å². The number of pyridine rings is 1. The van der Waals surface area contributed by atoms with Crippen molar-refractivity contribution in [2.24, 2.45) is 0 Å². The van der Waals surface area contributed by atoms with Crippen LogP contribution in [0.15, 0.2) is 12.3 Å². The normalized spacial score (nSPS) is 20.8. The average Bonchev–Trinajstić information content (AvgIpc) is 2.70. The summed E-state index contributed by atoms with van der Waals surface area (Å²) in [6.07, 6.45) is 4.11. The topological polar surface area (TPSA) is 28.2 Å². The monoisotopic (exact) mass is 281 g/mol. The molecule has 1 aliphatic heterocycles. The van der Waals surface area contributed by atoms with Crippen LogP contribution in [0.4, 0.5) is 0 Å².